The summed E-state index contributed by atoms with van der Waals surface area (Å²) in [6.45, 7) is 0.902. The normalized spacial score (nSPS) is 19.2. The van der Waals surface area contributed by atoms with Gasteiger partial charge in [-0.05, 0) is 85.4 Å². The SMILES string of the molecule is Cc1cc(C(=O)OCC(=O)N2N=C3C(=Cc4ccc(F)cc4)CCCC3C2c2ccc(F)cc2)ccc1[N+](=O)[O-]. The van der Waals surface area contributed by atoms with E-state index in [1.54, 1.807) is 24.3 Å². The highest BCUT2D eigenvalue weighted by Gasteiger charge is 2.43. The molecule has 8 nitrogen and oxygen atoms in total. The van der Waals surface area contributed by atoms with Gasteiger partial charge in [0.05, 0.1) is 22.2 Å². The van der Waals surface area contributed by atoms with Gasteiger partial charge in [0, 0.05) is 17.5 Å². The topological polar surface area (TPSA) is 102 Å². The largest absolute Gasteiger partial charge is 0.452 e. The maximum Gasteiger partial charge on any atom is 0.338 e. The summed E-state index contributed by atoms with van der Waals surface area (Å²) < 4.78 is 32.4. The van der Waals surface area contributed by atoms with Gasteiger partial charge in [-0.25, -0.2) is 18.6 Å². The van der Waals surface area contributed by atoms with Gasteiger partial charge in [0.25, 0.3) is 11.6 Å². The molecule has 0 spiro atoms. The van der Waals surface area contributed by atoms with Crippen molar-refractivity contribution in [2.75, 3.05) is 6.61 Å². The first-order valence-corrected chi connectivity index (χ1v) is 12.8. The molecule has 1 fully saturated rings. The van der Waals surface area contributed by atoms with Crippen LogP contribution in [0.15, 0.2) is 77.4 Å². The van der Waals surface area contributed by atoms with Gasteiger partial charge in [-0.2, -0.15) is 5.10 Å². The first-order valence-electron chi connectivity index (χ1n) is 12.8. The fourth-order valence-electron chi connectivity index (χ4n) is 5.22. The number of carbonyl (C=O) groups is 2. The number of nitro benzene ring substituents is 1. The van der Waals surface area contributed by atoms with Crippen LogP contribution in [-0.4, -0.2) is 34.1 Å². The summed E-state index contributed by atoms with van der Waals surface area (Å²) in [6, 6.07) is 15.3. The number of aryl methyl sites for hydroxylation is 1. The van der Waals surface area contributed by atoms with Crippen molar-refractivity contribution in [1.82, 2.24) is 5.01 Å². The van der Waals surface area contributed by atoms with Gasteiger partial charge in [-0.15, -0.1) is 0 Å². The van der Waals surface area contributed by atoms with Crippen LogP contribution in [0.2, 0.25) is 0 Å². The molecule has 204 valence electrons. The Morgan fingerprint density at radius 2 is 1.75 bits per heavy atom. The molecule has 0 N–H and O–H groups in total. The third kappa shape index (κ3) is 5.51. The second-order valence-corrected chi connectivity index (χ2v) is 9.77. The first kappa shape index (κ1) is 26.9. The molecule has 3 aromatic carbocycles. The fraction of sp³-hybridized carbons (Fsp3) is 0.233. The number of hydrazone groups is 1. The number of fused-ring (bicyclic) bond motifs is 1. The number of halogens is 2. The van der Waals surface area contributed by atoms with Crippen LogP contribution in [0, 0.1) is 34.6 Å². The Morgan fingerprint density at radius 1 is 1.07 bits per heavy atom. The standard InChI is InChI=1S/C30H25F2N3O5/c1-18-15-22(9-14-26(18)35(38)39)30(37)40-17-27(36)34-29(20-7-12-24(32)13-8-20)25-4-2-3-21(28(25)33-34)16-19-5-10-23(31)11-6-19/h5-16,25,29H,2-4,17H2,1H3. The Balaban J connectivity index is 1.41. The first-order chi connectivity index (χ1) is 19.2. The van der Waals surface area contributed by atoms with Crippen molar-refractivity contribution in [3.63, 3.8) is 0 Å². The quantitative estimate of drug-likeness (QED) is 0.210. The number of ether oxygens (including phenoxy) is 1. The predicted molar refractivity (Wildman–Crippen MR) is 143 cm³/mol. The van der Waals surface area contributed by atoms with E-state index in [1.165, 1.54) is 54.4 Å². The van der Waals surface area contributed by atoms with Gasteiger partial charge >= 0.3 is 5.97 Å². The van der Waals surface area contributed by atoms with Crippen molar-refractivity contribution < 1.29 is 28.0 Å². The number of nitro groups is 1. The minimum atomic E-state index is -0.800. The van der Waals surface area contributed by atoms with E-state index in [1.807, 2.05) is 6.08 Å². The predicted octanol–water partition coefficient (Wildman–Crippen LogP) is 6.16. The lowest BCUT2D eigenvalue weighted by molar-refractivity contribution is -0.385. The van der Waals surface area contributed by atoms with Crippen molar-refractivity contribution >= 4 is 29.4 Å². The second-order valence-electron chi connectivity index (χ2n) is 9.77. The molecule has 2 unspecified atom stereocenters. The molecule has 1 aliphatic heterocycles. The maximum atomic E-state index is 13.7. The number of hydrogen-bond donors (Lipinski definition) is 0. The lowest BCUT2D eigenvalue weighted by atomic mass is 9.77. The molecule has 0 bridgehead atoms. The lowest BCUT2D eigenvalue weighted by Crippen LogP contribution is -2.34. The number of amides is 1. The number of rotatable bonds is 6. The molecular formula is C30H25F2N3O5. The molecule has 1 amide bonds. The second kappa shape index (κ2) is 11.2. The van der Waals surface area contributed by atoms with E-state index in [0.29, 0.717) is 5.56 Å². The molecule has 0 radical (unpaired) electrons. The van der Waals surface area contributed by atoms with Crippen LogP contribution >= 0.6 is 0 Å². The minimum absolute atomic E-state index is 0.0805. The van der Waals surface area contributed by atoms with E-state index in [4.69, 9.17) is 4.74 Å². The van der Waals surface area contributed by atoms with E-state index in [9.17, 15) is 28.5 Å². The van der Waals surface area contributed by atoms with Gasteiger partial charge in [0.1, 0.15) is 11.6 Å². The molecule has 1 saturated carbocycles. The molecule has 0 saturated heterocycles. The summed E-state index contributed by atoms with van der Waals surface area (Å²) in [7, 11) is 0. The van der Waals surface area contributed by atoms with Gasteiger partial charge in [-0.1, -0.05) is 24.3 Å². The molecular weight excluding hydrogens is 520 g/mol. The van der Waals surface area contributed by atoms with Crippen molar-refractivity contribution in [1.29, 1.82) is 0 Å². The van der Waals surface area contributed by atoms with Gasteiger partial charge in [-0.3, -0.25) is 14.9 Å². The molecule has 3 aromatic rings. The summed E-state index contributed by atoms with van der Waals surface area (Å²) in [5.41, 5.74) is 3.37. The number of allylic oxidation sites excluding steroid dienone is 1. The van der Waals surface area contributed by atoms with E-state index in [-0.39, 0.29) is 28.5 Å². The molecule has 2 atom stereocenters. The van der Waals surface area contributed by atoms with Crippen LogP contribution in [0.25, 0.3) is 6.08 Å². The van der Waals surface area contributed by atoms with E-state index in [2.05, 4.69) is 5.10 Å². The highest BCUT2D eigenvalue weighted by Crippen LogP contribution is 2.44. The van der Waals surface area contributed by atoms with E-state index in [0.717, 1.165) is 36.1 Å². The van der Waals surface area contributed by atoms with Crippen molar-refractivity contribution in [3.05, 3.63) is 116 Å². The average Bonchev–Trinajstić information content (AvgIpc) is 3.33. The summed E-state index contributed by atoms with van der Waals surface area (Å²) in [5, 5.41) is 17.0. The Kier molecular flexibility index (Phi) is 7.50. The van der Waals surface area contributed by atoms with Crippen molar-refractivity contribution in [3.8, 4) is 0 Å². The van der Waals surface area contributed by atoms with E-state index >= 15 is 0 Å². The number of carbonyl (C=O) groups excluding carboxylic acids is 2. The Hall–Kier alpha value is -4.73. The number of esters is 1. The summed E-state index contributed by atoms with van der Waals surface area (Å²) >= 11 is 0. The van der Waals surface area contributed by atoms with Crippen LogP contribution in [0.1, 0.15) is 52.4 Å². The highest BCUT2D eigenvalue weighted by atomic mass is 19.1. The molecule has 40 heavy (non-hydrogen) atoms. The smallest absolute Gasteiger partial charge is 0.338 e. The zero-order valence-corrected chi connectivity index (χ0v) is 21.6. The third-order valence-corrected chi connectivity index (χ3v) is 7.14. The summed E-state index contributed by atoms with van der Waals surface area (Å²) in [6.07, 6.45) is 4.23. The fourth-order valence-corrected chi connectivity index (χ4v) is 5.22. The van der Waals surface area contributed by atoms with E-state index < -0.39 is 35.3 Å². The summed E-state index contributed by atoms with van der Waals surface area (Å²) in [4.78, 5) is 36.6. The minimum Gasteiger partial charge on any atom is -0.452 e. The molecule has 0 aromatic heterocycles. The zero-order chi connectivity index (χ0) is 28.4. The van der Waals surface area contributed by atoms with Crippen LogP contribution in [0.5, 0.6) is 0 Å². The average molecular weight is 546 g/mol. The van der Waals surface area contributed by atoms with Gasteiger partial charge in [0.15, 0.2) is 6.61 Å². The van der Waals surface area contributed by atoms with Crippen LogP contribution < -0.4 is 0 Å². The maximum absolute atomic E-state index is 13.7. The van der Waals surface area contributed by atoms with Crippen molar-refractivity contribution in [2.24, 2.45) is 11.0 Å². The number of hydrogen-bond acceptors (Lipinski definition) is 6. The molecule has 10 heteroatoms. The Labute approximate surface area is 228 Å². The Bertz CT molecular complexity index is 1530. The Morgan fingerprint density at radius 3 is 2.40 bits per heavy atom. The molecule has 1 heterocycles. The summed E-state index contributed by atoms with van der Waals surface area (Å²) in [5.74, 6) is -2.28. The van der Waals surface area contributed by atoms with Crippen LogP contribution in [0.3, 0.4) is 0 Å². The van der Waals surface area contributed by atoms with Crippen LogP contribution in [-0.2, 0) is 9.53 Å². The van der Waals surface area contributed by atoms with Gasteiger partial charge < -0.3 is 4.74 Å². The van der Waals surface area contributed by atoms with Crippen molar-refractivity contribution in [2.45, 2.75) is 32.2 Å². The molecule has 1 aliphatic carbocycles. The lowest BCUT2D eigenvalue weighted by Gasteiger charge is -2.29. The monoisotopic (exact) mass is 545 g/mol. The third-order valence-electron chi connectivity index (χ3n) is 7.14. The highest BCUT2D eigenvalue weighted by molar-refractivity contribution is 6.08. The number of benzene rings is 3. The number of nitrogens with zero attached hydrogens (tertiary/aromatic N) is 3. The zero-order valence-electron chi connectivity index (χ0n) is 21.6. The van der Waals surface area contributed by atoms with Gasteiger partial charge in [0.2, 0.25) is 0 Å². The van der Waals surface area contributed by atoms with Crippen LogP contribution in [0.4, 0.5) is 14.5 Å². The molecule has 5 rings (SSSR count). The molecule has 2 aliphatic rings.